The first-order valence-electron chi connectivity index (χ1n) is 6.84. The molecular formula is C15H23ClN2O. The van der Waals surface area contributed by atoms with Crippen molar-refractivity contribution in [3.05, 3.63) is 34.9 Å². The van der Waals surface area contributed by atoms with Gasteiger partial charge in [0.15, 0.2) is 0 Å². The van der Waals surface area contributed by atoms with Gasteiger partial charge in [-0.1, -0.05) is 23.7 Å². The predicted molar refractivity (Wildman–Crippen MR) is 79.3 cm³/mol. The number of hydrogen-bond donors (Lipinski definition) is 1. The average molecular weight is 283 g/mol. The Morgan fingerprint density at radius 3 is 2.68 bits per heavy atom. The van der Waals surface area contributed by atoms with Crippen molar-refractivity contribution in [2.75, 3.05) is 33.4 Å². The van der Waals surface area contributed by atoms with Gasteiger partial charge in [0.1, 0.15) is 0 Å². The van der Waals surface area contributed by atoms with E-state index in [2.05, 4.69) is 24.1 Å². The van der Waals surface area contributed by atoms with Crippen molar-refractivity contribution in [3.8, 4) is 0 Å². The molecule has 1 aromatic carbocycles. The summed E-state index contributed by atoms with van der Waals surface area (Å²) in [6.07, 6.45) is 2.28. The van der Waals surface area contributed by atoms with E-state index < -0.39 is 0 Å². The number of benzene rings is 1. The Labute approximate surface area is 120 Å². The first-order chi connectivity index (χ1) is 9.13. The molecule has 1 atom stereocenters. The maximum atomic E-state index is 5.98. The molecule has 3 nitrogen and oxygen atoms in total. The summed E-state index contributed by atoms with van der Waals surface area (Å²) in [4.78, 5) is 2.32. The maximum absolute atomic E-state index is 5.98. The van der Waals surface area contributed by atoms with Crippen LogP contribution in [0.3, 0.4) is 0 Å². The number of hydrogen-bond acceptors (Lipinski definition) is 3. The molecule has 0 spiro atoms. The van der Waals surface area contributed by atoms with Crippen molar-refractivity contribution in [3.63, 3.8) is 0 Å². The minimum absolute atomic E-state index is 0.124. The largest absolute Gasteiger partial charge is 0.381 e. The van der Waals surface area contributed by atoms with Crippen molar-refractivity contribution in [2.24, 2.45) is 11.1 Å². The molecule has 2 rings (SSSR count). The summed E-state index contributed by atoms with van der Waals surface area (Å²) in [5.74, 6) is 0. The van der Waals surface area contributed by atoms with E-state index in [4.69, 9.17) is 22.1 Å². The molecule has 0 bridgehead atoms. The highest BCUT2D eigenvalue weighted by molar-refractivity contribution is 6.30. The second kappa shape index (κ2) is 6.71. The summed E-state index contributed by atoms with van der Waals surface area (Å²) in [7, 11) is 2.14. The molecule has 106 valence electrons. The van der Waals surface area contributed by atoms with Gasteiger partial charge in [-0.3, -0.25) is 0 Å². The van der Waals surface area contributed by atoms with E-state index >= 15 is 0 Å². The van der Waals surface area contributed by atoms with E-state index in [-0.39, 0.29) is 5.41 Å². The smallest absolute Gasteiger partial charge is 0.0546 e. The topological polar surface area (TPSA) is 38.5 Å². The molecule has 1 aromatic rings. The Hall–Kier alpha value is -0.610. The van der Waals surface area contributed by atoms with Gasteiger partial charge in [-0.2, -0.15) is 0 Å². The van der Waals surface area contributed by atoms with E-state index in [1.54, 1.807) is 0 Å². The molecule has 1 unspecified atom stereocenters. The SMILES string of the molecule is CN(Cc1ccc(Cl)cc1)CC1(CN)CCCOC1. The van der Waals surface area contributed by atoms with Gasteiger partial charge in [0.05, 0.1) is 6.61 Å². The van der Waals surface area contributed by atoms with Crippen molar-refractivity contribution >= 4 is 11.6 Å². The van der Waals surface area contributed by atoms with Crippen molar-refractivity contribution in [1.82, 2.24) is 4.90 Å². The Morgan fingerprint density at radius 1 is 1.37 bits per heavy atom. The summed E-state index contributed by atoms with van der Waals surface area (Å²) in [6.45, 7) is 4.25. The van der Waals surface area contributed by atoms with Crippen LogP contribution < -0.4 is 5.73 Å². The van der Waals surface area contributed by atoms with E-state index in [0.29, 0.717) is 6.54 Å². The van der Waals surface area contributed by atoms with Crippen LogP contribution in [0.25, 0.3) is 0 Å². The standard InChI is InChI=1S/C15H23ClN2O/c1-18(9-13-3-5-14(16)6-4-13)11-15(10-17)7-2-8-19-12-15/h3-6H,2,7-12,17H2,1H3. The fourth-order valence-electron chi connectivity index (χ4n) is 2.79. The molecule has 1 fully saturated rings. The van der Waals surface area contributed by atoms with Crippen molar-refractivity contribution in [1.29, 1.82) is 0 Å². The molecule has 0 saturated carbocycles. The van der Waals surface area contributed by atoms with Gasteiger partial charge in [-0.05, 0) is 37.6 Å². The molecule has 0 radical (unpaired) electrons. The Morgan fingerprint density at radius 2 is 2.11 bits per heavy atom. The van der Waals surface area contributed by atoms with Crippen LogP contribution in [0.2, 0.25) is 5.02 Å². The fourth-order valence-corrected chi connectivity index (χ4v) is 2.92. The van der Waals surface area contributed by atoms with Gasteiger partial charge in [-0.15, -0.1) is 0 Å². The van der Waals surface area contributed by atoms with E-state index in [1.165, 1.54) is 5.56 Å². The second-order valence-electron chi connectivity index (χ2n) is 5.66. The van der Waals surface area contributed by atoms with Gasteiger partial charge in [0, 0.05) is 36.7 Å². The van der Waals surface area contributed by atoms with Crippen LogP contribution in [0.5, 0.6) is 0 Å². The quantitative estimate of drug-likeness (QED) is 0.902. The Bertz CT molecular complexity index is 388. The zero-order valence-electron chi connectivity index (χ0n) is 11.6. The van der Waals surface area contributed by atoms with Gasteiger partial charge in [0.25, 0.3) is 0 Å². The summed E-state index contributed by atoms with van der Waals surface area (Å²) >= 11 is 5.90. The molecular weight excluding hydrogens is 260 g/mol. The van der Waals surface area contributed by atoms with Crippen LogP contribution in [0.4, 0.5) is 0 Å². The van der Waals surface area contributed by atoms with E-state index in [9.17, 15) is 0 Å². The molecule has 1 saturated heterocycles. The zero-order valence-corrected chi connectivity index (χ0v) is 12.3. The third-order valence-corrected chi connectivity index (χ3v) is 4.06. The fraction of sp³-hybridized carbons (Fsp3) is 0.600. The third kappa shape index (κ3) is 4.18. The number of nitrogens with zero attached hydrogens (tertiary/aromatic N) is 1. The molecule has 19 heavy (non-hydrogen) atoms. The Kier molecular flexibility index (Phi) is 5.22. The highest BCUT2D eigenvalue weighted by Crippen LogP contribution is 2.28. The average Bonchev–Trinajstić information content (AvgIpc) is 2.42. The number of halogens is 1. The van der Waals surface area contributed by atoms with Crippen LogP contribution in [-0.4, -0.2) is 38.3 Å². The molecule has 0 amide bonds. The lowest BCUT2D eigenvalue weighted by molar-refractivity contribution is -0.0192. The van der Waals surface area contributed by atoms with Gasteiger partial charge >= 0.3 is 0 Å². The molecule has 0 aliphatic carbocycles. The normalized spacial score (nSPS) is 23.8. The number of ether oxygens (including phenoxy) is 1. The van der Waals surface area contributed by atoms with Gasteiger partial charge in [0.2, 0.25) is 0 Å². The lowest BCUT2D eigenvalue weighted by Gasteiger charge is -2.39. The molecule has 4 heteroatoms. The summed E-state index contributed by atoms with van der Waals surface area (Å²) in [5, 5.41) is 0.783. The third-order valence-electron chi connectivity index (χ3n) is 3.81. The first-order valence-corrected chi connectivity index (χ1v) is 7.22. The monoisotopic (exact) mass is 282 g/mol. The minimum atomic E-state index is 0.124. The van der Waals surface area contributed by atoms with Crippen molar-refractivity contribution in [2.45, 2.75) is 19.4 Å². The number of rotatable bonds is 5. The summed E-state index contributed by atoms with van der Waals surface area (Å²) < 4.78 is 5.62. The molecule has 2 N–H and O–H groups in total. The zero-order chi connectivity index (χ0) is 13.7. The minimum Gasteiger partial charge on any atom is -0.381 e. The summed E-state index contributed by atoms with van der Waals surface area (Å²) in [6, 6.07) is 8.02. The van der Waals surface area contributed by atoms with E-state index in [1.807, 2.05) is 12.1 Å². The summed E-state index contributed by atoms with van der Waals surface area (Å²) in [5.41, 5.74) is 7.37. The first kappa shape index (κ1) is 14.8. The van der Waals surface area contributed by atoms with Crippen LogP contribution in [0.15, 0.2) is 24.3 Å². The van der Waals surface area contributed by atoms with Gasteiger partial charge < -0.3 is 15.4 Å². The van der Waals surface area contributed by atoms with Gasteiger partial charge in [-0.25, -0.2) is 0 Å². The van der Waals surface area contributed by atoms with Crippen LogP contribution in [0.1, 0.15) is 18.4 Å². The molecule has 0 aromatic heterocycles. The molecule has 1 aliphatic rings. The maximum Gasteiger partial charge on any atom is 0.0546 e. The van der Waals surface area contributed by atoms with Crippen molar-refractivity contribution < 1.29 is 4.74 Å². The van der Waals surface area contributed by atoms with E-state index in [0.717, 1.165) is 44.2 Å². The second-order valence-corrected chi connectivity index (χ2v) is 6.10. The molecule has 1 aliphatic heterocycles. The predicted octanol–water partition coefficient (Wildman–Crippen LogP) is 2.53. The highest BCUT2D eigenvalue weighted by Gasteiger charge is 2.32. The lowest BCUT2D eigenvalue weighted by Crippen LogP contribution is -2.46. The van der Waals surface area contributed by atoms with Crippen LogP contribution >= 0.6 is 11.6 Å². The van der Waals surface area contributed by atoms with Crippen LogP contribution in [-0.2, 0) is 11.3 Å². The number of nitrogens with two attached hydrogens (primary N) is 1. The highest BCUT2D eigenvalue weighted by atomic mass is 35.5. The van der Waals surface area contributed by atoms with Crippen LogP contribution in [0, 0.1) is 5.41 Å². The lowest BCUT2D eigenvalue weighted by atomic mass is 9.82. The molecule has 1 heterocycles. The Balaban J connectivity index is 1.92.